The molecule has 0 saturated heterocycles. The summed E-state index contributed by atoms with van der Waals surface area (Å²) in [5.74, 6) is 0.562. The topological polar surface area (TPSA) is 49.0 Å². The summed E-state index contributed by atoms with van der Waals surface area (Å²) >= 11 is 1.65. The molecule has 0 fully saturated rings. The van der Waals surface area contributed by atoms with Gasteiger partial charge in [0.15, 0.2) is 0 Å². The second-order valence-electron chi connectivity index (χ2n) is 6.15. The zero-order valence-corrected chi connectivity index (χ0v) is 15.1. The van der Waals surface area contributed by atoms with Crippen molar-refractivity contribution in [2.24, 2.45) is 0 Å². The van der Waals surface area contributed by atoms with Crippen LogP contribution < -0.4 is 0 Å². The Hall–Kier alpha value is -2.21. The summed E-state index contributed by atoms with van der Waals surface area (Å²) < 4.78 is 13.3. The summed E-state index contributed by atoms with van der Waals surface area (Å²) in [5.41, 5.74) is 2.57. The van der Waals surface area contributed by atoms with Gasteiger partial charge in [0.05, 0.1) is 11.0 Å². The van der Waals surface area contributed by atoms with Gasteiger partial charge >= 0.3 is 0 Å². The predicted molar refractivity (Wildman–Crippen MR) is 99.0 cm³/mol. The number of aromatic amines is 1. The molecule has 0 unspecified atom stereocenters. The van der Waals surface area contributed by atoms with Crippen LogP contribution in [0.1, 0.15) is 37.6 Å². The highest BCUT2D eigenvalue weighted by molar-refractivity contribution is 7.07. The third-order valence-corrected chi connectivity index (χ3v) is 4.89. The number of thiophene rings is 1. The van der Waals surface area contributed by atoms with Crippen molar-refractivity contribution in [1.82, 2.24) is 14.9 Å². The smallest absolute Gasteiger partial charge is 0.223 e. The number of H-pyrrole nitrogens is 1. The van der Waals surface area contributed by atoms with Gasteiger partial charge in [-0.2, -0.15) is 11.3 Å². The molecule has 4 nitrogen and oxygen atoms in total. The Bertz CT molecular complexity index is 828. The van der Waals surface area contributed by atoms with Crippen LogP contribution in [0.5, 0.6) is 0 Å². The number of carbonyl (C=O) groups excluding carboxylic acids is 1. The van der Waals surface area contributed by atoms with Crippen LogP contribution in [-0.2, 0) is 17.8 Å². The molecule has 0 bridgehead atoms. The molecule has 1 N–H and O–H groups in total. The van der Waals surface area contributed by atoms with Crippen LogP contribution in [0.4, 0.5) is 4.39 Å². The van der Waals surface area contributed by atoms with Gasteiger partial charge < -0.3 is 9.88 Å². The minimum absolute atomic E-state index is 0.131. The maximum atomic E-state index is 13.3. The van der Waals surface area contributed by atoms with Crippen LogP contribution in [-0.4, -0.2) is 27.3 Å². The van der Waals surface area contributed by atoms with Crippen molar-refractivity contribution in [3.63, 3.8) is 0 Å². The largest absolute Gasteiger partial charge is 0.342 e. The molecule has 0 spiro atoms. The number of halogens is 1. The van der Waals surface area contributed by atoms with Gasteiger partial charge in [-0.3, -0.25) is 4.79 Å². The van der Waals surface area contributed by atoms with Crippen LogP contribution >= 0.6 is 11.3 Å². The number of carbonyl (C=O) groups is 1. The number of rotatable bonds is 8. The monoisotopic (exact) mass is 359 g/mol. The first-order valence-electron chi connectivity index (χ1n) is 8.58. The highest BCUT2D eigenvalue weighted by Gasteiger charge is 2.15. The second kappa shape index (κ2) is 8.25. The Labute approximate surface area is 150 Å². The van der Waals surface area contributed by atoms with Gasteiger partial charge in [0, 0.05) is 25.9 Å². The summed E-state index contributed by atoms with van der Waals surface area (Å²) in [7, 11) is 0. The molecule has 0 atom stereocenters. The van der Waals surface area contributed by atoms with E-state index in [4.69, 9.17) is 0 Å². The first kappa shape index (κ1) is 17.6. The number of amides is 1. The highest BCUT2D eigenvalue weighted by Crippen LogP contribution is 2.15. The molecule has 0 saturated carbocycles. The molecular weight excluding hydrogens is 337 g/mol. The lowest BCUT2D eigenvalue weighted by atomic mass is 10.2. The van der Waals surface area contributed by atoms with Crippen molar-refractivity contribution >= 4 is 28.3 Å². The number of fused-ring (bicyclic) bond motifs is 1. The van der Waals surface area contributed by atoms with E-state index in [-0.39, 0.29) is 11.7 Å². The second-order valence-corrected chi connectivity index (χ2v) is 6.93. The van der Waals surface area contributed by atoms with Gasteiger partial charge in [-0.05, 0) is 47.0 Å². The van der Waals surface area contributed by atoms with Crippen LogP contribution in [0, 0.1) is 5.82 Å². The molecule has 3 aromatic rings. The quantitative estimate of drug-likeness (QED) is 0.642. The van der Waals surface area contributed by atoms with Gasteiger partial charge in [-0.15, -0.1) is 0 Å². The molecule has 1 amide bonds. The summed E-state index contributed by atoms with van der Waals surface area (Å²) in [4.78, 5) is 22.1. The van der Waals surface area contributed by atoms with E-state index in [1.807, 2.05) is 10.3 Å². The Morgan fingerprint density at radius 2 is 2.24 bits per heavy atom. The number of aryl methyl sites for hydroxylation is 1. The number of nitrogens with one attached hydrogen (secondary N) is 1. The summed E-state index contributed by atoms with van der Waals surface area (Å²) in [6, 6.07) is 6.53. The molecule has 3 rings (SSSR count). The van der Waals surface area contributed by atoms with Gasteiger partial charge in [0.1, 0.15) is 11.6 Å². The third-order valence-electron chi connectivity index (χ3n) is 4.16. The van der Waals surface area contributed by atoms with Crippen molar-refractivity contribution < 1.29 is 9.18 Å². The van der Waals surface area contributed by atoms with Crippen molar-refractivity contribution in [3.8, 4) is 0 Å². The van der Waals surface area contributed by atoms with Crippen molar-refractivity contribution in [2.75, 3.05) is 6.54 Å². The van der Waals surface area contributed by atoms with Crippen molar-refractivity contribution in [3.05, 3.63) is 52.2 Å². The Morgan fingerprint density at radius 3 is 3.00 bits per heavy atom. The molecule has 6 heteroatoms. The zero-order chi connectivity index (χ0) is 17.6. The Morgan fingerprint density at radius 1 is 1.36 bits per heavy atom. The zero-order valence-electron chi connectivity index (χ0n) is 14.3. The van der Waals surface area contributed by atoms with E-state index in [0.717, 1.165) is 30.7 Å². The van der Waals surface area contributed by atoms with Gasteiger partial charge in [0.25, 0.3) is 0 Å². The minimum atomic E-state index is -0.291. The lowest BCUT2D eigenvalue weighted by Crippen LogP contribution is -2.31. The first-order chi connectivity index (χ1) is 12.2. The lowest BCUT2D eigenvalue weighted by Gasteiger charge is -2.22. The van der Waals surface area contributed by atoms with Gasteiger partial charge in [-0.25, -0.2) is 9.37 Å². The molecular formula is C19H22FN3OS. The van der Waals surface area contributed by atoms with Crippen molar-refractivity contribution in [1.29, 1.82) is 0 Å². The average molecular weight is 359 g/mol. The number of aromatic nitrogens is 2. The van der Waals surface area contributed by atoms with E-state index in [9.17, 15) is 9.18 Å². The summed E-state index contributed by atoms with van der Waals surface area (Å²) in [5, 5.41) is 4.12. The molecule has 0 radical (unpaired) electrons. The molecule has 2 heterocycles. The summed E-state index contributed by atoms with van der Waals surface area (Å²) in [6.45, 7) is 3.56. The SMILES string of the molecule is CCCCN(Cc1ccsc1)C(=O)CCc1nc2ccc(F)cc2[nH]1. The van der Waals surface area contributed by atoms with Crippen LogP contribution in [0.25, 0.3) is 11.0 Å². The van der Waals surface area contributed by atoms with E-state index in [1.54, 1.807) is 17.4 Å². The number of benzene rings is 1. The van der Waals surface area contributed by atoms with Crippen LogP contribution in [0.15, 0.2) is 35.0 Å². The molecule has 25 heavy (non-hydrogen) atoms. The molecule has 1 aromatic carbocycles. The number of nitrogens with zero attached hydrogens (tertiary/aromatic N) is 2. The van der Waals surface area contributed by atoms with Crippen molar-refractivity contribution in [2.45, 2.75) is 39.2 Å². The third kappa shape index (κ3) is 4.66. The fraction of sp³-hybridized carbons (Fsp3) is 0.368. The van der Waals surface area contributed by atoms with E-state index in [0.29, 0.717) is 24.9 Å². The maximum absolute atomic E-state index is 13.3. The number of unbranched alkanes of at least 4 members (excludes halogenated alkanes) is 1. The predicted octanol–water partition coefficient (Wildman–Crippen LogP) is 4.53. The van der Waals surface area contributed by atoms with Gasteiger partial charge in [0.2, 0.25) is 5.91 Å². The molecule has 0 aliphatic carbocycles. The Balaban J connectivity index is 1.62. The molecule has 2 aromatic heterocycles. The molecule has 0 aliphatic rings. The number of hydrogen-bond donors (Lipinski definition) is 1. The molecule has 132 valence electrons. The van der Waals surface area contributed by atoms with E-state index in [2.05, 4.69) is 28.3 Å². The fourth-order valence-corrected chi connectivity index (χ4v) is 3.44. The average Bonchev–Trinajstić information content (AvgIpc) is 3.25. The normalized spacial score (nSPS) is 11.1. The standard InChI is InChI=1S/C19H22FN3OS/c1-2-3-9-23(12-14-8-10-25-13-14)19(24)7-6-18-21-16-5-4-15(20)11-17(16)22-18/h4-5,8,10-11,13H,2-3,6-7,9,12H2,1H3,(H,21,22). The van der Waals surface area contributed by atoms with E-state index < -0.39 is 0 Å². The highest BCUT2D eigenvalue weighted by atomic mass is 32.1. The number of hydrogen-bond acceptors (Lipinski definition) is 3. The van der Waals surface area contributed by atoms with E-state index in [1.165, 1.54) is 17.7 Å². The van der Waals surface area contributed by atoms with Gasteiger partial charge in [-0.1, -0.05) is 13.3 Å². The van der Waals surface area contributed by atoms with Crippen LogP contribution in [0.3, 0.4) is 0 Å². The number of imidazole rings is 1. The first-order valence-corrected chi connectivity index (χ1v) is 9.53. The fourth-order valence-electron chi connectivity index (χ4n) is 2.78. The van der Waals surface area contributed by atoms with Crippen LogP contribution in [0.2, 0.25) is 0 Å². The van der Waals surface area contributed by atoms with E-state index >= 15 is 0 Å². The Kier molecular flexibility index (Phi) is 5.81. The lowest BCUT2D eigenvalue weighted by molar-refractivity contribution is -0.131. The summed E-state index contributed by atoms with van der Waals surface area (Å²) in [6.07, 6.45) is 2.99. The minimum Gasteiger partial charge on any atom is -0.342 e. The molecule has 0 aliphatic heterocycles. The maximum Gasteiger partial charge on any atom is 0.223 e.